The first kappa shape index (κ1) is 30.2. The molecule has 194 valence electrons. The standard InChI is InChI=1S/C16H24N2O2.C14H23N/c1-2-3-4-5-6-7-8-14-9-11-15(12-10-14)18-16(19)13-17-20;1-2-3-4-5-6-7-8-13-9-11-14(15)12-10-13/h9-13,20H,2-8H2,1H3,(H,18,19);9-12H,2-8,15H2,1H3/b17-13-;. The molecule has 35 heavy (non-hydrogen) atoms. The van der Waals surface area contributed by atoms with E-state index in [2.05, 4.69) is 36.5 Å². The number of benzene rings is 2. The maximum atomic E-state index is 11.2. The lowest BCUT2D eigenvalue weighted by molar-refractivity contribution is -0.110. The highest BCUT2D eigenvalue weighted by Gasteiger charge is 1.99. The molecule has 0 atom stereocenters. The fourth-order valence-electron chi connectivity index (χ4n) is 3.88. The number of nitrogens with two attached hydrogens (primary N) is 1. The summed E-state index contributed by atoms with van der Waals surface area (Å²) in [6.07, 6.45) is 19.1. The van der Waals surface area contributed by atoms with Gasteiger partial charge >= 0.3 is 0 Å². The predicted molar refractivity (Wildman–Crippen MR) is 150 cm³/mol. The lowest BCUT2D eigenvalue weighted by Crippen LogP contribution is -2.12. The number of unbranched alkanes of at least 4 members (excludes halogenated alkanes) is 10. The fourth-order valence-corrected chi connectivity index (χ4v) is 3.88. The van der Waals surface area contributed by atoms with Crippen molar-refractivity contribution in [3.05, 3.63) is 59.7 Å². The van der Waals surface area contributed by atoms with Crippen molar-refractivity contribution in [2.75, 3.05) is 11.1 Å². The summed E-state index contributed by atoms with van der Waals surface area (Å²) in [6.45, 7) is 4.49. The third-order valence-electron chi connectivity index (χ3n) is 6.01. The van der Waals surface area contributed by atoms with E-state index in [1.807, 2.05) is 36.4 Å². The molecule has 0 saturated carbocycles. The normalized spacial score (nSPS) is 10.7. The van der Waals surface area contributed by atoms with Crippen LogP contribution in [0, 0.1) is 0 Å². The quantitative estimate of drug-likeness (QED) is 0.0743. The molecule has 5 heteroatoms. The monoisotopic (exact) mass is 481 g/mol. The Labute approximate surface area is 213 Å². The van der Waals surface area contributed by atoms with Crippen LogP contribution in [0.3, 0.4) is 0 Å². The third kappa shape index (κ3) is 16.4. The first-order valence-corrected chi connectivity index (χ1v) is 13.5. The van der Waals surface area contributed by atoms with Crippen LogP contribution in [-0.4, -0.2) is 17.3 Å². The molecule has 0 unspecified atom stereocenters. The highest BCUT2D eigenvalue weighted by molar-refractivity contribution is 6.31. The zero-order valence-corrected chi connectivity index (χ0v) is 22.0. The van der Waals surface area contributed by atoms with Gasteiger partial charge in [-0.15, -0.1) is 0 Å². The Morgan fingerprint density at radius 1 is 0.743 bits per heavy atom. The summed E-state index contributed by atoms with van der Waals surface area (Å²) in [5.41, 5.74) is 9.91. The summed E-state index contributed by atoms with van der Waals surface area (Å²) >= 11 is 0. The average molecular weight is 482 g/mol. The summed E-state index contributed by atoms with van der Waals surface area (Å²) in [6, 6.07) is 16.1. The predicted octanol–water partition coefficient (Wildman–Crippen LogP) is 8.16. The number of hydrogen-bond donors (Lipinski definition) is 3. The maximum absolute atomic E-state index is 11.2. The van der Waals surface area contributed by atoms with E-state index in [4.69, 9.17) is 10.9 Å². The van der Waals surface area contributed by atoms with E-state index in [0.717, 1.165) is 18.3 Å². The van der Waals surface area contributed by atoms with E-state index in [9.17, 15) is 4.79 Å². The lowest BCUT2D eigenvalue weighted by Gasteiger charge is -2.05. The number of oxime groups is 1. The molecule has 0 spiro atoms. The first-order chi connectivity index (χ1) is 17.1. The number of carbonyl (C=O) groups is 1. The molecule has 0 aliphatic heterocycles. The van der Waals surface area contributed by atoms with Gasteiger partial charge in [0.15, 0.2) is 0 Å². The highest BCUT2D eigenvalue weighted by Crippen LogP contribution is 2.14. The second-order valence-electron chi connectivity index (χ2n) is 9.21. The van der Waals surface area contributed by atoms with Gasteiger partial charge in [-0.1, -0.05) is 107 Å². The second kappa shape index (κ2) is 20.5. The molecule has 0 saturated heterocycles. The number of nitrogens with zero attached hydrogens (tertiary/aromatic N) is 1. The lowest BCUT2D eigenvalue weighted by atomic mass is 10.0. The number of nitrogen functional groups attached to an aromatic ring is 1. The van der Waals surface area contributed by atoms with Crippen molar-refractivity contribution in [2.24, 2.45) is 5.16 Å². The van der Waals surface area contributed by atoms with Gasteiger partial charge in [-0.3, -0.25) is 4.79 Å². The summed E-state index contributed by atoms with van der Waals surface area (Å²) in [5, 5.41) is 13.5. The van der Waals surface area contributed by atoms with Crippen LogP contribution in [0.5, 0.6) is 0 Å². The van der Waals surface area contributed by atoms with Gasteiger partial charge in [-0.25, -0.2) is 0 Å². The van der Waals surface area contributed by atoms with Gasteiger partial charge in [0.2, 0.25) is 0 Å². The van der Waals surface area contributed by atoms with E-state index in [-0.39, 0.29) is 0 Å². The summed E-state index contributed by atoms with van der Waals surface area (Å²) in [5.74, 6) is -0.434. The zero-order chi connectivity index (χ0) is 25.6. The molecule has 1 amide bonds. The van der Waals surface area contributed by atoms with Gasteiger partial charge in [-0.2, -0.15) is 0 Å². The number of hydrogen-bond acceptors (Lipinski definition) is 4. The van der Waals surface area contributed by atoms with Gasteiger partial charge < -0.3 is 16.3 Å². The number of anilines is 2. The number of nitrogens with one attached hydrogen (secondary N) is 1. The van der Waals surface area contributed by atoms with Crippen molar-refractivity contribution in [2.45, 2.75) is 104 Å². The molecule has 0 fully saturated rings. The molecule has 5 nitrogen and oxygen atoms in total. The fraction of sp³-hybridized carbons (Fsp3) is 0.533. The van der Waals surface area contributed by atoms with Gasteiger partial charge in [0.25, 0.3) is 5.91 Å². The van der Waals surface area contributed by atoms with E-state index < -0.39 is 5.91 Å². The van der Waals surface area contributed by atoms with E-state index in [0.29, 0.717) is 5.69 Å². The van der Waals surface area contributed by atoms with Crippen LogP contribution in [0.4, 0.5) is 11.4 Å². The van der Waals surface area contributed by atoms with Crippen LogP contribution < -0.4 is 11.1 Å². The van der Waals surface area contributed by atoms with Gasteiger partial charge in [-0.05, 0) is 61.1 Å². The average Bonchev–Trinajstić information content (AvgIpc) is 2.86. The Morgan fingerprint density at radius 3 is 1.63 bits per heavy atom. The van der Waals surface area contributed by atoms with Gasteiger partial charge in [0, 0.05) is 11.4 Å². The van der Waals surface area contributed by atoms with Crippen LogP contribution >= 0.6 is 0 Å². The van der Waals surface area contributed by atoms with Crippen molar-refractivity contribution in [3.63, 3.8) is 0 Å². The molecule has 0 aliphatic carbocycles. The topological polar surface area (TPSA) is 87.7 Å². The number of aryl methyl sites for hydroxylation is 2. The number of rotatable bonds is 16. The molecule has 4 N–H and O–H groups in total. The van der Waals surface area contributed by atoms with Crippen molar-refractivity contribution >= 4 is 23.5 Å². The summed E-state index contributed by atoms with van der Waals surface area (Å²) < 4.78 is 0. The molecular formula is C30H47N3O2. The molecule has 0 aliphatic rings. The molecule has 0 aromatic heterocycles. The van der Waals surface area contributed by atoms with Crippen molar-refractivity contribution in [1.29, 1.82) is 0 Å². The summed E-state index contributed by atoms with van der Waals surface area (Å²) in [4.78, 5) is 11.2. The minimum absolute atomic E-state index is 0.434. The number of carbonyl (C=O) groups excluding carboxylic acids is 1. The Morgan fingerprint density at radius 2 is 1.17 bits per heavy atom. The van der Waals surface area contributed by atoms with Gasteiger partial charge in [0.05, 0.1) is 0 Å². The van der Waals surface area contributed by atoms with Gasteiger partial charge in [0.1, 0.15) is 6.21 Å². The van der Waals surface area contributed by atoms with E-state index in [1.54, 1.807) is 0 Å². The minimum atomic E-state index is -0.434. The van der Waals surface area contributed by atoms with Crippen molar-refractivity contribution in [3.8, 4) is 0 Å². The smallest absolute Gasteiger partial charge is 0.270 e. The summed E-state index contributed by atoms with van der Waals surface area (Å²) in [7, 11) is 0. The molecule has 0 bridgehead atoms. The van der Waals surface area contributed by atoms with Crippen molar-refractivity contribution in [1.82, 2.24) is 0 Å². The Hall–Kier alpha value is -2.82. The Kier molecular flexibility index (Phi) is 17.7. The van der Waals surface area contributed by atoms with Crippen LogP contribution in [0.1, 0.15) is 102 Å². The molecule has 2 aromatic rings. The van der Waals surface area contributed by atoms with Crippen molar-refractivity contribution < 1.29 is 10.0 Å². The second-order valence-corrected chi connectivity index (χ2v) is 9.21. The Bertz CT molecular complexity index is 801. The van der Waals surface area contributed by atoms with E-state index in [1.165, 1.54) is 94.6 Å². The Balaban J connectivity index is 0.000000365. The SMILES string of the molecule is CCCCCCCCc1ccc(N)cc1.CCCCCCCCc1ccc(NC(=O)/C=N\O)cc1. The molecule has 0 heterocycles. The zero-order valence-electron chi connectivity index (χ0n) is 22.0. The first-order valence-electron chi connectivity index (χ1n) is 13.5. The molecular weight excluding hydrogens is 434 g/mol. The third-order valence-corrected chi connectivity index (χ3v) is 6.01. The highest BCUT2D eigenvalue weighted by atomic mass is 16.4. The minimum Gasteiger partial charge on any atom is -0.411 e. The molecule has 0 radical (unpaired) electrons. The number of amides is 1. The van der Waals surface area contributed by atoms with Crippen LogP contribution in [-0.2, 0) is 17.6 Å². The molecule has 2 aromatic carbocycles. The van der Waals surface area contributed by atoms with E-state index >= 15 is 0 Å². The molecule has 2 rings (SSSR count). The largest absolute Gasteiger partial charge is 0.411 e. The van der Waals surface area contributed by atoms with Crippen LogP contribution in [0.25, 0.3) is 0 Å². The van der Waals surface area contributed by atoms with Crippen LogP contribution in [0.15, 0.2) is 53.7 Å². The van der Waals surface area contributed by atoms with Crippen LogP contribution in [0.2, 0.25) is 0 Å². The maximum Gasteiger partial charge on any atom is 0.270 e.